The van der Waals surface area contributed by atoms with Crippen molar-refractivity contribution in [1.82, 2.24) is 4.31 Å². The summed E-state index contributed by atoms with van der Waals surface area (Å²) in [5.74, 6) is 1.36. The molecule has 0 amide bonds. The summed E-state index contributed by atoms with van der Waals surface area (Å²) in [5, 5.41) is 0. The molecule has 0 unspecified atom stereocenters. The monoisotopic (exact) mass is 373 g/mol. The number of sulfonamides is 1. The minimum Gasteiger partial charge on any atom is -0.486 e. The van der Waals surface area contributed by atoms with Gasteiger partial charge in [0.05, 0.1) is 11.4 Å². The van der Waals surface area contributed by atoms with Crippen molar-refractivity contribution >= 4 is 10.0 Å². The van der Waals surface area contributed by atoms with Gasteiger partial charge in [0.25, 0.3) is 0 Å². The molecule has 1 aliphatic heterocycles. The number of hydrogen-bond donors (Lipinski definition) is 0. The third-order valence-corrected chi connectivity index (χ3v) is 6.97. The minimum absolute atomic E-state index is 0.268. The maximum atomic E-state index is 13.1. The quantitative estimate of drug-likeness (QED) is 0.808. The molecular weight excluding hydrogens is 350 g/mol. The molecule has 1 aliphatic carbocycles. The van der Waals surface area contributed by atoms with E-state index in [9.17, 15) is 8.42 Å². The van der Waals surface area contributed by atoms with Crippen molar-refractivity contribution in [1.29, 1.82) is 0 Å². The van der Waals surface area contributed by atoms with Crippen molar-refractivity contribution < 1.29 is 17.9 Å². The highest BCUT2D eigenvalue weighted by Gasteiger charge is 2.30. The molecule has 0 saturated carbocycles. The molecule has 1 atom stereocenters. The number of ether oxygens (including phenoxy) is 2. The lowest BCUT2D eigenvalue weighted by molar-refractivity contribution is 0.0771. The van der Waals surface area contributed by atoms with Gasteiger partial charge in [0, 0.05) is 6.54 Å². The first-order valence-corrected chi connectivity index (χ1v) is 10.5. The first kappa shape index (κ1) is 17.4. The first-order chi connectivity index (χ1) is 12.6. The second-order valence-electron chi connectivity index (χ2n) is 6.74. The van der Waals surface area contributed by atoms with Crippen LogP contribution < -0.4 is 9.47 Å². The van der Waals surface area contributed by atoms with Gasteiger partial charge in [-0.15, -0.1) is 0 Å². The van der Waals surface area contributed by atoms with E-state index in [0.29, 0.717) is 29.5 Å². The van der Waals surface area contributed by atoms with Crippen LogP contribution in [0.3, 0.4) is 0 Å². The normalized spacial score (nSPS) is 18.8. The highest BCUT2D eigenvalue weighted by molar-refractivity contribution is 7.89. The summed E-state index contributed by atoms with van der Waals surface area (Å²) in [6.45, 7) is 2.85. The summed E-state index contributed by atoms with van der Waals surface area (Å²) < 4.78 is 39.4. The third-order valence-electron chi connectivity index (χ3n) is 5.04. The Hall–Kier alpha value is -2.05. The number of para-hydroxylation sites is 2. The van der Waals surface area contributed by atoms with Crippen LogP contribution in [0.2, 0.25) is 0 Å². The van der Waals surface area contributed by atoms with Crippen LogP contribution in [0.15, 0.2) is 47.4 Å². The zero-order valence-electron chi connectivity index (χ0n) is 14.8. The average Bonchev–Trinajstić information content (AvgIpc) is 3.13. The van der Waals surface area contributed by atoms with Crippen LogP contribution in [-0.2, 0) is 22.9 Å². The Morgan fingerprint density at radius 1 is 1.08 bits per heavy atom. The summed E-state index contributed by atoms with van der Waals surface area (Å²) in [5.41, 5.74) is 2.43. The Bertz CT molecular complexity index is 910. The smallest absolute Gasteiger partial charge is 0.243 e. The number of rotatable bonds is 5. The SMILES string of the molecule is CCN(C[C@H]1COc2ccccc2O1)S(=O)(=O)c1ccc2c(c1)CCC2. The first-order valence-electron chi connectivity index (χ1n) is 9.08. The fraction of sp³-hybridized carbons (Fsp3) is 0.400. The van der Waals surface area contributed by atoms with Gasteiger partial charge < -0.3 is 9.47 Å². The van der Waals surface area contributed by atoms with E-state index in [1.54, 1.807) is 6.07 Å². The van der Waals surface area contributed by atoms with Crippen molar-refractivity contribution in [3.05, 3.63) is 53.6 Å². The maximum Gasteiger partial charge on any atom is 0.243 e. The van der Waals surface area contributed by atoms with E-state index in [-0.39, 0.29) is 12.6 Å². The largest absolute Gasteiger partial charge is 0.486 e. The van der Waals surface area contributed by atoms with Crippen LogP contribution >= 0.6 is 0 Å². The number of benzene rings is 2. The van der Waals surface area contributed by atoms with Crippen LogP contribution in [0.5, 0.6) is 11.5 Å². The summed E-state index contributed by atoms with van der Waals surface area (Å²) in [6.07, 6.45) is 2.78. The average molecular weight is 373 g/mol. The van der Waals surface area contributed by atoms with Gasteiger partial charge in [-0.25, -0.2) is 8.42 Å². The molecule has 26 heavy (non-hydrogen) atoms. The predicted molar refractivity (Wildman–Crippen MR) is 99.3 cm³/mol. The zero-order valence-corrected chi connectivity index (χ0v) is 15.7. The molecule has 0 radical (unpaired) electrons. The fourth-order valence-electron chi connectivity index (χ4n) is 3.64. The van der Waals surface area contributed by atoms with Gasteiger partial charge in [0.2, 0.25) is 10.0 Å². The lowest BCUT2D eigenvalue weighted by atomic mass is 10.1. The lowest BCUT2D eigenvalue weighted by Gasteiger charge is -2.30. The van der Waals surface area contributed by atoms with Gasteiger partial charge in [0.1, 0.15) is 12.7 Å². The van der Waals surface area contributed by atoms with Gasteiger partial charge in [-0.1, -0.05) is 25.1 Å². The maximum absolute atomic E-state index is 13.1. The number of fused-ring (bicyclic) bond motifs is 2. The number of hydrogen-bond acceptors (Lipinski definition) is 4. The van der Waals surface area contributed by atoms with Crippen LogP contribution in [0.25, 0.3) is 0 Å². The molecule has 1 heterocycles. The molecule has 2 aromatic carbocycles. The van der Waals surface area contributed by atoms with Crippen molar-refractivity contribution in [2.75, 3.05) is 19.7 Å². The number of nitrogens with zero attached hydrogens (tertiary/aromatic N) is 1. The molecular formula is C20H23NO4S. The van der Waals surface area contributed by atoms with Crippen LogP contribution in [0, 0.1) is 0 Å². The molecule has 0 spiro atoms. The van der Waals surface area contributed by atoms with E-state index in [1.165, 1.54) is 9.87 Å². The number of aryl methyl sites for hydroxylation is 2. The summed E-state index contributed by atoms with van der Waals surface area (Å²) >= 11 is 0. The predicted octanol–water partition coefficient (Wildman–Crippen LogP) is 3.03. The molecule has 5 nitrogen and oxygen atoms in total. The Morgan fingerprint density at radius 3 is 2.65 bits per heavy atom. The Kier molecular flexibility index (Phi) is 4.63. The van der Waals surface area contributed by atoms with E-state index in [0.717, 1.165) is 24.8 Å². The lowest BCUT2D eigenvalue weighted by Crippen LogP contribution is -2.43. The highest BCUT2D eigenvalue weighted by Crippen LogP contribution is 2.32. The molecule has 4 rings (SSSR count). The molecule has 138 valence electrons. The Morgan fingerprint density at radius 2 is 1.85 bits per heavy atom. The Labute approximate surface area is 154 Å². The summed E-state index contributed by atoms with van der Waals surface area (Å²) in [6, 6.07) is 13.0. The summed E-state index contributed by atoms with van der Waals surface area (Å²) in [7, 11) is -3.55. The molecule has 0 bridgehead atoms. The molecule has 2 aliphatic rings. The second kappa shape index (κ2) is 6.93. The van der Waals surface area contributed by atoms with Crippen LogP contribution in [-0.4, -0.2) is 38.5 Å². The van der Waals surface area contributed by atoms with Gasteiger partial charge in [-0.05, 0) is 54.7 Å². The molecule has 6 heteroatoms. The van der Waals surface area contributed by atoms with E-state index >= 15 is 0 Å². The molecule has 0 aromatic heterocycles. The van der Waals surface area contributed by atoms with Crippen molar-refractivity contribution in [3.63, 3.8) is 0 Å². The standard InChI is InChI=1S/C20H23NO4S/c1-2-21(13-17-14-24-19-8-3-4-9-20(19)25-17)26(22,23)18-11-10-15-6-5-7-16(15)12-18/h3-4,8-12,17H,2,5-7,13-14H2,1H3/t17-/m0/s1. The third kappa shape index (κ3) is 3.19. The molecule has 0 N–H and O–H groups in total. The fourth-order valence-corrected chi connectivity index (χ4v) is 5.17. The van der Waals surface area contributed by atoms with E-state index < -0.39 is 10.0 Å². The van der Waals surface area contributed by atoms with Crippen molar-refractivity contribution in [2.45, 2.75) is 37.2 Å². The van der Waals surface area contributed by atoms with Crippen molar-refractivity contribution in [2.24, 2.45) is 0 Å². The van der Waals surface area contributed by atoms with Crippen molar-refractivity contribution in [3.8, 4) is 11.5 Å². The van der Waals surface area contributed by atoms with Gasteiger partial charge in [-0.2, -0.15) is 4.31 Å². The molecule has 2 aromatic rings. The number of likely N-dealkylation sites (N-methyl/N-ethyl adjacent to an activating group) is 1. The minimum atomic E-state index is -3.55. The van der Waals surface area contributed by atoms with E-state index in [1.807, 2.05) is 43.3 Å². The van der Waals surface area contributed by atoms with Gasteiger partial charge in [-0.3, -0.25) is 0 Å². The zero-order chi connectivity index (χ0) is 18.1. The summed E-state index contributed by atoms with van der Waals surface area (Å²) in [4.78, 5) is 0.372. The van der Waals surface area contributed by atoms with Crippen LogP contribution in [0.1, 0.15) is 24.5 Å². The second-order valence-corrected chi connectivity index (χ2v) is 8.68. The van der Waals surface area contributed by atoms with Gasteiger partial charge >= 0.3 is 0 Å². The highest BCUT2D eigenvalue weighted by atomic mass is 32.2. The van der Waals surface area contributed by atoms with Crippen LogP contribution in [0.4, 0.5) is 0 Å². The van der Waals surface area contributed by atoms with Gasteiger partial charge in [0.15, 0.2) is 11.5 Å². The Balaban J connectivity index is 1.53. The molecule has 0 fully saturated rings. The molecule has 0 saturated heterocycles. The topological polar surface area (TPSA) is 55.8 Å². The van der Waals surface area contributed by atoms with E-state index in [2.05, 4.69) is 0 Å². The van der Waals surface area contributed by atoms with E-state index in [4.69, 9.17) is 9.47 Å².